The van der Waals surface area contributed by atoms with E-state index >= 15 is 0 Å². The molecule has 7 heteroatoms. The van der Waals surface area contributed by atoms with Crippen molar-refractivity contribution >= 4 is 23.6 Å². The zero-order chi connectivity index (χ0) is 17.0. The number of methoxy groups -OCH3 is 2. The molecule has 0 N–H and O–H groups in total. The molecule has 1 saturated heterocycles. The SMILES string of the molecule is COc1ccc(C2SCC(=O)N2CCC(=O)N(C)C)cc1OC. The zero-order valence-corrected chi connectivity index (χ0v) is 14.7. The van der Waals surface area contributed by atoms with Gasteiger partial charge in [0.2, 0.25) is 11.8 Å². The summed E-state index contributed by atoms with van der Waals surface area (Å²) < 4.78 is 10.6. The molecule has 1 fully saturated rings. The second-order valence-electron chi connectivity index (χ2n) is 5.40. The van der Waals surface area contributed by atoms with E-state index in [1.165, 1.54) is 0 Å². The lowest BCUT2D eigenvalue weighted by molar-refractivity contribution is -0.131. The number of ether oxygens (including phenoxy) is 2. The van der Waals surface area contributed by atoms with Crippen molar-refractivity contribution in [2.45, 2.75) is 11.8 Å². The molecule has 0 aliphatic carbocycles. The van der Waals surface area contributed by atoms with Crippen molar-refractivity contribution in [2.24, 2.45) is 0 Å². The molecule has 1 atom stereocenters. The second-order valence-corrected chi connectivity index (χ2v) is 6.47. The maximum Gasteiger partial charge on any atom is 0.233 e. The van der Waals surface area contributed by atoms with Crippen LogP contribution in [0.3, 0.4) is 0 Å². The molecule has 6 nitrogen and oxygen atoms in total. The first-order valence-electron chi connectivity index (χ1n) is 7.31. The summed E-state index contributed by atoms with van der Waals surface area (Å²) in [6, 6.07) is 5.65. The molecule has 1 unspecified atom stereocenters. The van der Waals surface area contributed by atoms with Crippen LogP contribution in [0.5, 0.6) is 11.5 Å². The van der Waals surface area contributed by atoms with Gasteiger partial charge in [-0.15, -0.1) is 11.8 Å². The van der Waals surface area contributed by atoms with Crippen molar-refractivity contribution < 1.29 is 19.1 Å². The van der Waals surface area contributed by atoms with Crippen LogP contribution in [0.1, 0.15) is 17.4 Å². The third kappa shape index (κ3) is 3.90. The van der Waals surface area contributed by atoms with Crippen LogP contribution in [0, 0.1) is 0 Å². The Morgan fingerprint density at radius 1 is 1.30 bits per heavy atom. The smallest absolute Gasteiger partial charge is 0.233 e. The number of rotatable bonds is 6. The number of benzene rings is 1. The van der Waals surface area contributed by atoms with E-state index in [-0.39, 0.29) is 17.2 Å². The van der Waals surface area contributed by atoms with Crippen LogP contribution in [0.25, 0.3) is 0 Å². The highest BCUT2D eigenvalue weighted by atomic mass is 32.2. The largest absolute Gasteiger partial charge is 0.493 e. The Bertz CT molecular complexity index is 591. The van der Waals surface area contributed by atoms with Crippen molar-refractivity contribution in [1.29, 1.82) is 0 Å². The van der Waals surface area contributed by atoms with E-state index in [4.69, 9.17) is 9.47 Å². The van der Waals surface area contributed by atoms with Crippen LogP contribution in [-0.2, 0) is 9.59 Å². The van der Waals surface area contributed by atoms with Gasteiger partial charge in [-0.05, 0) is 17.7 Å². The number of hydrogen-bond donors (Lipinski definition) is 0. The van der Waals surface area contributed by atoms with Gasteiger partial charge in [0.15, 0.2) is 11.5 Å². The number of hydrogen-bond acceptors (Lipinski definition) is 5. The molecular weight excluding hydrogens is 316 g/mol. The third-order valence-corrected chi connectivity index (χ3v) is 4.98. The van der Waals surface area contributed by atoms with Crippen LogP contribution < -0.4 is 9.47 Å². The predicted octanol–water partition coefficient (Wildman–Crippen LogP) is 1.76. The lowest BCUT2D eigenvalue weighted by Gasteiger charge is -2.25. The van der Waals surface area contributed by atoms with Crippen LogP contribution in [-0.4, -0.2) is 62.2 Å². The highest BCUT2D eigenvalue weighted by Crippen LogP contribution is 2.41. The maximum absolute atomic E-state index is 12.1. The average Bonchev–Trinajstić information content (AvgIpc) is 2.92. The molecule has 0 aromatic heterocycles. The highest BCUT2D eigenvalue weighted by Gasteiger charge is 2.33. The topological polar surface area (TPSA) is 59.1 Å². The van der Waals surface area contributed by atoms with E-state index in [0.717, 1.165) is 5.56 Å². The molecule has 126 valence electrons. The van der Waals surface area contributed by atoms with Crippen LogP contribution in [0.2, 0.25) is 0 Å². The first-order valence-corrected chi connectivity index (χ1v) is 8.36. The summed E-state index contributed by atoms with van der Waals surface area (Å²) in [5, 5.41) is -0.0998. The first kappa shape index (κ1) is 17.5. The van der Waals surface area contributed by atoms with Crippen molar-refractivity contribution in [3.05, 3.63) is 23.8 Å². The Kier molecular flexibility index (Phi) is 5.76. The Hall–Kier alpha value is -1.89. The van der Waals surface area contributed by atoms with E-state index in [1.807, 2.05) is 18.2 Å². The first-order chi connectivity index (χ1) is 11.0. The fraction of sp³-hybridized carbons (Fsp3) is 0.500. The Morgan fingerprint density at radius 2 is 2.00 bits per heavy atom. The summed E-state index contributed by atoms with van der Waals surface area (Å²) in [4.78, 5) is 27.2. The fourth-order valence-electron chi connectivity index (χ4n) is 2.42. The van der Waals surface area contributed by atoms with Gasteiger partial charge in [0, 0.05) is 27.1 Å². The summed E-state index contributed by atoms with van der Waals surface area (Å²) in [5.74, 6) is 1.78. The van der Waals surface area contributed by atoms with E-state index < -0.39 is 0 Å². The Labute approximate surface area is 140 Å². The van der Waals surface area contributed by atoms with Gasteiger partial charge in [0.1, 0.15) is 5.37 Å². The van der Waals surface area contributed by atoms with Gasteiger partial charge in [0.05, 0.1) is 20.0 Å². The number of amides is 2. The minimum absolute atomic E-state index is 0.0146. The summed E-state index contributed by atoms with van der Waals surface area (Å²) in [7, 11) is 6.61. The van der Waals surface area contributed by atoms with Gasteiger partial charge in [-0.1, -0.05) is 6.07 Å². The van der Waals surface area contributed by atoms with Crippen LogP contribution >= 0.6 is 11.8 Å². The monoisotopic (exact) mass is 338 g/mol. The van der Waals surface area contributed by atoms with E-state index in [1.54, 1.807) is 49.9 Å². The van der Waals surface area contributed by atoms with Gasteiger partial charge in [-0.25, -0.2) is 0 Å². The molecule has 0 radical (unpaired) electrons. The molecule has 23 heavy (non-hydrogen) atoms. The third-order valence-electron chi connectivity index (χ3n) is 3.73. The summed E-state index contributed by atoms with van der Waals surface area (Å²) in [6.45, 7) is 0.419. The molecule has 0 saturated carbocycles. The molecule has 1 aliphatic rings. The molecule has 1 aromatic carbocycles. The lowest BCUT2D eigenvalue weighted by atomic mass is 10.1. The molecule has 2 rings (SSSR count). The fourth-order valence-corrected chi connectivity index (χ4v) is 3.63. The quantitative estimate of drug-likeness (QED) is 0.791. The number of thioether (sulfide) groups is 1. The molecule has 1 aromatic rings. The molecule has 1 heterocycles. The normalized spacial score (nSPS) is 17.3. The van der Waals surface area contributed by atoms with E-state index in [2.05, 4.69) is 0 Å². The van der Waals surface area contributed by atoms with Crippen molar-refractivity contribution in [3.8, 4) is 11.5 Å². The number of carbonyl (C=O) groups excluding carboxylic acids is 2. The predicted molar refractivity (Wildman–Crippen MR) is 89.8 cm³/mol. The number of carbonyl (C=O) groups is 2. The van der Waals surface area contributed by atoms with Gasteiger partial charge in [0.25, 0.3) is 0 Å². The van der Waals surface area contributed by atoms with E-state index in [0.29, 0.717) is 30.2 Å². The van der Waals surface area contributed by atoms with Gasteiger partial charge in [-0.3, -0.25) is 9.59 Å². The Balaban J connectivity index is 2.17. The van der Waals surface area contributed by atoms with E-state index in [9.17, 15) is 9.59 Å². The second kappa shape index (κ2) is 7.59. The lowest BCUT2D eigenvalue weighted by Crippen LogP contribution is -2.33. The highest BCUT2D eigenvalue weighted by molar-refractivity contribution is 8.00. The van der Waals surface area contributed by atoms with Crippen molar-refractivity contribution in [3.63, 3.8) is 0 Å². The molecule has 1 aliphatic heterocycles. The van der Waals surface area contributed by atoms with Crippen molar-refractivity contribution in [2.75, 3.05) is 40.6 Å². The minimum atomic E-state index is -0.0998. The molecule has 0 spiro atoms. The molecular formula is C16H22N2O4S. The maximum atomic E-state index is 12.1. The summed E-state index contributed by atoms with van der Waals surface area (Å²) in [5.41, 5.74) is 0.968. The van der Waals surface area contributed by atoms with Gasteiger partial charge >= 0.3 is 0 Å². The standard InChI is InChI=1S/C16H22N2O4S/c1-17(2)14(19)7-8-18-15(20)10-23-16(18)11-5-6-12(21-3)13(9-11)22-4/h5-6,9,16H,7-8,10H2,1-4H3. The summed E-state index contributed by atoms with van der Waals surface area (Å²) >= 11 is 1.56. The zero-order valence-electron chi connectivity index (χ0n) is 13.9. The number of nitrogens with zero attached hydrogens (tertiary/aromatic N) is 2. The van der Waals surface area contributed by atoms with Crippen molar-refractivity contribution in [1.82, 2.24) is 9.80 Å². The average molecular weight is 338 g/mol. The summed E-state index contributed by atoms with van der Waals surface area (Å²) in [6.07, 6.45) is 0.323. The minimum Gasteiger partial charge on any atom is -0.493 e. The molecule has 0 bridgehead atoms. The van der Waals surface area contributed by atoms with Crippen LogP contribution in [0.15, 0.2) is 18.2 Å². The molecule has 2 amide bonds. The van der Waals surface area contributed by atoms with Crippen LogP contribution in [0.4, 0.5) is 0 Å². The van der Waals surface area contributed by atoms with Gasteiger partial charge in [-0.2, -0.15) is 0 Å². The van der Waals surface area contributed by atoms with Gasteiger partial charge < -0.3 is 19.3 Å². The Morgan fingerprint density at radius 3 is 2.61 bits per heavy atom.